The van der Waals surface area contributed by atoms with E-state index in [9.17, 15) is 19.8 Å². The average Bonchev–Trinajstić information content (AvgIpc) is 3.01. The van der Waals surface area contributed by atoms with Crippen LogP contribution in [0.25, 0.3) is 0 Å². The number of aliphatic hydroxyl groups excluding tert-OH is 1. The number of aryl methyl sites for hydroxylation is 1. The fourth-order valence-electron chi connectivity index (χ4n) is 2.55. The third kappa shape index (κ3) is 2.92. The number of carboxylic acid groups (broad SMARTS) is 1. The molecule has 0 aromatic carbocycles. The van der Waals surface area contributed by atoms with Gasteiger partial charge >= 0.3 is 5.97 Å². The molecule has 0 radical (unpaired) electrons. The molecule has 0 unspecified atom stereocenters. The lowest BCUT2D eigenvalue weighted by molar-refractivity contribution is -0.141. The van der Waals surface area contributed by atoms with Crippen molar-refractivity contribution in [2.45, 2.75) is 51.8 Å². The first-order valence-corrected chi connectivity index (χ1v) is 7.14. The summed E-state index contributed by atoms with van der Waals surface area (Å²) in [5.41, 5.74) is 1.17. The topological polar surface area (TPSA) is 95.7 Å². The molecule has 1 aliphatic heterocycles. The van der Waals surface area contributed by atoms with E-state index in [0.29, 0.717) is 12.2 Å². The number of β-amino-alcohol motifs (C(OH)–C–C–N with tert-alkyl or cyclic N) is 1. The summed E-state index contributed by atoms with van der Waals surface area (Å²) in [5.74, 6) is -1.30. The Labute approximate surface area is 123 Å². The maximum atomic E-state index is 12.6. The lowest BCUT2D eigenvalue weighted by Gasteiger charge is -2.21. The summed E-state index contributed by atoms with van der Waals surface area (Å²) >= 11 is 0. The first-order valence-electron chi connectivity index (χ1n) is 7.14. The largest absolute Gasteiger partial charge is 0.480 e. The molecule has 1 saturated heterocycles. The van der Waals surface area contributed by atoms with Gasteiger partial charge in [0.25, 0.3) is 5.91 Å². The highest BCUT2D eigenvalue weighted by atomic mass is 16.4. The molecular weight excluding hydrogens is 274 g/mol. The Hall–Kier alpha value is -1.89. The molecule has 1 aromatic heterocycles. The molecule has 0 bridgehead atoms. The number of rotatable bonds is 4. The van der Waals surface area contributed by atoms with Crippen LogP contribution < -0.4 is 0 Å². The molecule has 0 spiro atoms. The van der Waals surface area contributed by atoms with Crippen LogP contribution in [0.5, 0.6) is 0 Å². The number of carbonyl (C=O) groups excluding carboxylic acids is 1. The van der Waals surface area contributed by atoms with Crippen molar-refractivity contribution in [2.75, 3.05) is 6.54 Å². The third-order valence-corrected chi connectivity index (χ3v) is 3.73. The first kappa shape index (κ1) is 15.5. The van der Waals surface area contributed by atoms with Crippen molar-refractivity contribution in [1.29, 1.82) is 0 Å². The highest BCUT2D eigenvalue weighted by Crippen LogP contribution is 2.23. The summed E-state index contributed by atoms with van der Waals surface area (Å²) in [4.78, 5) is 25.1. The number of amides is 1. The molecule has 1 fully saturated rings. The minimum atomic E-state index is -1.09. The van der Waals surface area contributed by atoms with Crippen LogP contribution in [-0.4, -0.2) is 55.5 Å². The van der Waals surface area contributed by atoms with E-state index < -0.39 is 18.1 Å². The Morgan fingerprint density at radius 3 is 2.67 bits per heavy atom. The van der Waals surface area contributed by atoms with E-state index in [1.54, 1.807) is 10.7 Å². The average molecular weight is 295 g/mol. The Morgan fingerprint density at radius 1 is 1.48 bits per heavy atom. The summed E-state index contributed by atoms with van der Waals surface area (Å²) in [6.45, 7) is 6.41. The second-order valence-corrected chi connectivity index (χ2v) is 5.63. The summed E-state index contributed by atoms with van der Waals surface area (Å²) in [5, 5.41) is 23.2. The van der Waals surface area contributed by atoms with Gasteiger partial charge in [0.2, 0.25) is 0 Å². The monoisotopic (exact) mass is 295 g/mol. The number of hydrogen-bond acceptors (Lipinski definition) is 4. The number of carboxylic acids is 1. The second kappa shape index (κ2) is 5.85. The predicted octanol–water partition coefficient (Wildman–Crippen LogP) is 0.686. The van der Waals surface area contributed by atoms with Gasteiger partial charge in [0.15, 0.2) is 0 Å². The van der Waals surface area contributed by atoms with Crippen LogP contribution in [0.4, 0.5) is 0 Å². The van der Waals surface area contributed by atoms with Gasteiger partial charge in [-0.15, -0.1) is 0 Å². The normalized spacial score (nSPS) is 22.0. The predicted molar refractivity (Wildman–Crippen MR) is 75.1 cm³/mol. The van der Waals surface area contributed by atoms with Crippen molar-refractivity contribution in [1.82, 2.24) is 14.7 Å². The van der Waals surface area contributed by atoms with Gasteiger partial charge < -0.3 is 15.1 Å². The zero-order valence-electron chi connectivity index (χ0n) is 12.5. The third-order valence-electron chi connectivity index (χ3n) is 3.73. The van der Waals surface area contributed by atoms with Gasteiger partial charge in [-0.25, -0.2) is 4.79 Å². The van der Waals surface area contributed by atoms with E-state index in [1.165, 1.54) is 4.90 Å². The number of aromatic nitrogens is 2. The summed E-state index contributed by atoms with van der Waals surface area (Å²) in [6, 6.07) is 0.732. The van der Waals surface area contributed by atoms with Gasteiger partial charge in [-0.3, -0.25) is 9.48 Å². The summed E-state index contributed by atoms with van der Waals surface area (Å²) < 4.78 is 1.58. The van der Waals surface area contributed by atoms with E-state index in [0.717, 1.165) is 5.69 Å². The van der Waals surface area contributed by atoms with Crippen LogP contribution >= 0.6 is 0 Å². The highest BCUT2D eigenvalue weighted by Gasteiger charge is 2.40. The maximum Gasteiger partial charge on any atom is 0.326 e. The standard InChI is InChI=1S/C14H21N3O4/c1-4-17-11(6-10(15-17)8(2)3)13(19)16-7-9(18)5-12(16)14(20)21/h6,8-9,12,18H,4-5,7H2,1-3H3,(H,20,21)/t9-,12-/m0/s1. The lowest BCUT2D eigenvalue weighted by atomic mass is 10.1. The van der Waals surface area contributed by atoms with Crippen LogP contribution in [-0.2, 0) is 11.3 Å². The molecule has 2 heterocycles. The molecule has 1 amide bonds. The molecule has 21 heavy (non-hydrogen) atoms. The van der Waals surface area contributed by atoms with Gasteiger partial charge in [-0.2, -0.15) is 5.10 Å². The number of likely N-dealkylation sites (tertiary alicyclic amines) is 1. The minimum Gasteiger partial charge on any atom is -0.480 e. The van der Waals surface area contributed by atoms with Crippen molar-refractivity contribution < 1.29 is 19.8 Å². The number of aliphatic hydroxyl groups is 1. The van der Waals surface area contributed by atoms with Crippen LogP contribution in [0.2, 0.25) is 0 Å². The highest BCUT2D eigenvalue weighted by molar-refractivity contribution is 5.95. The van der Waals surface area contributed by atoms with Gasteiger partial charge in [-0.1, -0.05) is 13.8 Å². The first-order chi connectivity index (χ1) is 9.85. The number of hydrogen-bond donors (Lipinski definition) is 2. The summed E-state index contributed by atoms with van der Waals surface area (Å²) in [7, 11) is 0. The Morgan fingerprint density at radius 2 is 2.14 bits per heavy atom. The molecule has 0 saturated carbocycles. The second-order valence-electron chi connectivity index (χ2n) is 5.63. The molecule has 2 atom stereocenters. The van der Waals surface area contributed by atoms with E-state index in [1.807, 2.05) is 20.8 Å². The van der Waals surface area contributed by atoms with Crippen molar-refractivity contribution in [3.05, 3.63) is 17.5 Å². The molecule has 2 N–H and O–H groups in total. The fourth-order valence-corrected chi connectivity index (χ4v) is 2.55. The van der Waals surface area contributed by atoms with Crippen LogP contribution in [0, 0.1) is 0 Å². The Kier molecular flexibility index (Phi) is 4.32. The quantitative estimate of drug-likeness (QED) is 0.852. The number of nitrogens with zero attached hydrogens (tertiary/aromatic N) is 3. The van der Waals surface area contributed by atoms with Crippen molar-refractivity contribution in [3.8, 4) is 0 Å². The van der Waals surface area contributed by atoms with Crippen molar-refractivity contribution in [2.24, 2.45) is 0 Å². The van der Waals surface area contributed by atoms with Gasteiger partial charge in [0, 0.05) is 19.5 Å². The van der Waals surface area contributed by atoms with Crippen LogP contribution in [0.1, 0.15) is 49.3 Å². The molecular formula is C14H21N3O4. The van der Waals surface area contributed by atoms with E-state index in [2.05, 4.69) is 5.10 Å². The maximum absolute atomic E-state index is 12.6. The van der Waals surface area contributed by atoms with Crippen molar-refractivity contribution in [3.63, 3.8) is 0 Å². The van der Waals surface area contributed by atoms with Crippen LogP contribution in [0.15, 0.2) is 6.07 Å². The Balaban J connectivity index is 2.33. The SMILES string of the molecule is CCn1nc(C(C)C)cc1C(=O)N1C[C@@H](O)C[C@H]1C(=O)O. The molecule has 7 nitrogen and oxygen atoms in total. The van der Waals surface area contributed by atoms with Crippen molar-refractivity contribution >= 4 is 11.9 Å². The van der Waals surface area contributed by atoms with Gasteiger partial charge in [0.1, 0.15) is 11.7 Å². The molecule has 1 aliphatic rings. The number of carbonyl (C=O) groups is 2. The molecule has 116 valence electrons. The lowest BCUT2D eigenvalue weighted by Crippen LogP contribution is -2.41. The zero-order valence-corrected chi connectivity index (χ0v) is 12.5. The molecule has 2 rings (SSSR count). The Bertz CT molecular complexity index is 552. The fraction of sp³-hybridized carbons (Fsp3) is 0.643. The van der Waals surface area contributed by atoms with E-state index in [4.69, 9.17) is 0 Å². The van der Waals surface area contributed by atoms with E-state index >= 15 is 0 Å². The van der Waals surface area contributed by atoms with Gasteiger partial charge in [-0.05, 0) is 18.9 Å². The summed E-state index contributed by atoms with van der Waals surface area (Å²) in [6.07, 6.45) is -0.726. The van der Waals surface area contributed by atoms with Crippen LogP contribution in [0.3, 0.4) is 0 Å². The zero-order chi connectivity index (χ0) is 15.7. The number of aliphatic carboxylic acids is 1. The minimum absolute atomic E-state index is 0.0434. The molecule has 7 heteroatoms. The smallest absolute Gasteiger partial charge is 0.326 e. The molecule has 1 aromatic rings. The molecule has 0 aliphatic carbocycles. The van der Waals surface area contributed by atoms with E-state index in [-0.39, 0.29) is 24.8 Å². The van der Waals surface area contributed by atoms with Gasteiger partial charge in [0.05, 0.1) is 11.8 Å².